The van der Waals surface area contributed by atoms with Gasteiger partial charge in [-0.3, -0.25) is 0 Å². The molecule has 1 aromatic carbocycles. The van der Waals surface area contributed by atoms with Crippen molar-refractivity contribution >= 4 is 0 Å². The molecule has 0 spiro atoms. The molecule has 3 heteroatoms. The monoisotopic (exact) mass is 167 g/mol. The van der Waals surface area contributed by atoms with Gasteiger partial charge in [-0.25, -0.2) is 4.39 Å². The van der Waals surface area contributed by atoms with E-state index in [9.17, 15) is 4.39 Å². The first kappa shape index (κ1) is 7.55. The van der Waals surface area contributed by atoms with Crippen molar-refractivity contribution in [1.29, 1.82) is 0 Å². The van der Waals surface area contributed by atoms with Crippen LogP contribution in [0, 0.1) is 5.82 Å². The van der Waals surface area contributed by atoms with Gasteiger partial charge in [0.1, 0.15) is 18.2 Å². The number of nitrogens with one attached hydrogen (secondary N) is 1. The normalized spacial score (nSPS) is 16.1. The first-order chi connectivity index (χ1) is 5.88. The van der Waals surface area contributed by atoms with Gasteiger partial charge in [0, 0.05) is 18.7 Å². The maximum Gasteiger partial charge on any atom is 0.131 e. The van der Waals surface area contributed by atoms with Crippen molar-refractivity contribution in [2.75, 3.05) is 13.2 Å². The SMILES string of the molecule is Fc1cccc2c1CNCCO2. The van der Waals surface area contributed by atoms with Crippen molar-refractivity contribution in [2.45, 2.75) is 6.54 Å². The Labute approximate surface area is 70.3 Å². The van der Waals surface area contributed by atoms with Crippen molar-refractivity contribution in [3.63, 3.8) is 0 Å². The van der Waals surface area contributed by atoms with Gasteiger partial charge in [-0.15, -0.1) is 0 Å². The Morgan fingerprint density at radius 3 is 3.25 bits per heavy atom. The number of ether oxygens (including phenoxy) is 1. The second-order valence-corrected chi connectivity index (χ2v) is 2.74. The van der Waals surface area contributed by atoms with Crippen LogP contribution in [0.1, 0.15) is 5.56 Å². The Balaban J connectivity index is 2.42. The molecule has 1 aliphatic heterocycles. The summed E-state index contributed by atoms with van der Waals surface area (Å²) in [5.41, 5.74) is 0.634. The summed E-state index contributed by atoms with van der Waals surface area (Å²) in [5, 5.41) is 3.08. The van der Waals surface area contributed by atoms with E-state index in [2.05, 4.69) is 5.32 Å². The molecule has 0 saturated heterocycles. The van der Waals surface area contributed by atoms with Crippen LogP contribution in [-0.4, -0.2) is 13.2 Å². The van der Waals surface area contributed by atoms with Crippen LogP contribution >= 0.6 is 0 Å². The molecular formula is C9H10FNO. The molecule has 12 heavy (non-hydrogen) atoms. The molecule has 1 N–H and O–H groups in total. The molecule has 2 nitrogen and oxygen atoms in total. The van der Waals surface area contributed by atoms with E-state index >= 15 is 0 Å². The van der Waals surface area contributed by atoms with Gasteiger partial charge in [0.05, 0.1) is 0 Å². The lowest BCUT2D eigenvalue weighted by Crippen LogP contribution is -2.16. The highest BCUT2D eigenvalue weighted by molar-refractivity contribution is 5.35. The van der Waals surface area contributed by atoms with Gasteiger partial charge in [0.25, 0.3) is 0 Å². The zero-order valence-corrected chi connectivity index (χ0v) is 6.64. The van der Waals surface area contributed by atoms with Crippen molar-refractivity contribution < 1.29 is 9.13 Å². The molecular weight excluding hydrogens is 157 g/mol. The quantitative estimate of drug-likeness (QED) is 0.629. The lowest BCUT2D eigenvalue weighted by molar-refractivity contribution is 0.325. The molecule has 64 valence electrons. The minimum absolute atomic E-state index is 0.193. The van der Waals surface area contributed by atoms with Gasteiger partial charge < -0.3 is 10.1 Å². The predicted molar refractivity (Wildman–Crippen MR) is 43.6 cm³/mol. The lowest BCUT2D eigenvalue weighted by Gasteiger charge is -2.05. The standard InChI is InChI=1S/C9H10FNO/c10-8-2-1-3-9-7(8)6-11-4-5-12-9/h1-3,11H,4-6H2. The van der Waals surface area contributed by atoms with Crippen LogP contribution in [0.3, 0.4) is 0 Å². The molecule has 0 fully saturated rings. The third-order valence-electron chi connectivity index (χ3n) is 1.91. The molecule has 0 unspecified atom stereocenters. The van der Waals surface area contributed by atoms with E-state index in [-0.39, 0.29) is 5.82 Å². The second kappa shape index (κ2) is 3.11. The molecule has 0 radical (unpaired) electrons. The highest BCUT2D eigenvalue weighted by Crippen LogP contribution is 2.22. The molecule has 1 aromatic rings. The van der Waals surface area contributed by atoms with Crippen LogP contribution in [0.15, 0.2) is 18.2 Å². The molecule has 2 rings (SSSR count). The van der Waals surface area contributed by atoms with Crippen LogP contribution in [0.25, 0.3) is 0 Å². The van der Waals surface area contributed by atoms with Crippen LogP contribution in [0.2, 0.25) is 0 Å². The summed E-state index contributed by atoms with van der Waals surface area (Å²) in [5.74, 6) is 0.474. The Kier molecular flexibility index (Phi) is 1.96. The molecule has 0 bridgehead atoms. The number of rotatable bonds is 0. The largest absolute Gasteiger partial charge is 0.492 e. The maximum atomic E-state index is 13.1. The van der Waals surface area contributed by atoms with E-state index in [0.717, 1.165) is 6.54 Å². The van der Waals surface area contributed by atoms with E-state index in [0.29, 0.717) is 24.5 Å². The molecule has 0 aliphatic carbocycles. The van der Waals surface area contributed by atoms with E-state index in [1.165, 1.54) is 6.07 Å². The van der Waals surface area contributed by atoms with E-state index in [1.54, 1.807) is 12.1 Å². The average Bonchev–Trinajstić information content (AvgIpc) is 2.30. The molecule has 0 saturated carbocycles. The van der Waals surface area contributed by atoms with Crippen LogP contribution < -0.4 is 10.1 Å². The summed E-state index contributed by atoms with van der Waals surface area (Å²) in [7, 11) is 0. The fourth-order valence-electron chi connectivity index (χ4n) is 1.29. The minimum atomic E-state index is -0.193. The van der Waals surface area contributed by atoms with E-state index in [4.69, 9.17) is 4.74 Å². The number of halogens is 1. The van der Waals surface area contributed by atoms with Gasteiger partial charge in [-0.1, -0.05) is 6.07 Å². The molecule has 0 aromatic heterocycles. The summed E-state index contributed by atoms with van der Waals surface area (Å²) >= 11 is 0. The number of benzene rings is 1. The first-order valence-electron chi connectivity index (χ1n) is 3.99. The molecule has 0 amide bonds. The lowest BCUT2D eigenvalue weighted by atomic mass is 10.2. The second-order valence-electron chi connectivity index (χ2n) is 2.74. The fourth-order valence-corrected chi connectivity index (χ4v) is 1.29. The zero-order valence-electron chi connectivity index (χ0n) is 6.64. The Bertz CT molecular complexity index is 288. The van der Waals surface area contributed by atoms with E-state index < -0.39 is 0 Å². The summed E-state index contributed by atoms with van der Waals surface area (Å²) < 4.78 is 18.5. The van der Waals surface area contributed by atoms with Gasteiger partial charge in [0.2, 0.25) is 0 Å². The van der Waals surface area contributed by atoms with Gasteiger partial charge in [-0.2, -0.15) is 0 Å². The Hall–Kier alpha value is -1.09. The third-order valence-corrected chi connectivity index (χ3v) is 1.91. The molecule has 0 atom stereocenters. The topological polar surface area (TPSA) is 21.3 Å². The fraction of sp³-hybridized carbons (Fsp3) is 0.333. The van der Waals surface area contributed by atoms with Crippen molar-refractivity contribution in [1.82, 2.24) is 5.32 Å². The van der Waals surface area contributed by atoms with Crippen LogP contribution in [0.4, 0.5) is 4.39 Å². The smallest absolute Gasteiger partial charge is 0.131 e. The number of fused-ring (bicyclic) bond motifs is 1. The average molecular weight is 167 g/mol. The summed E-state index contributed by atoms with van der Waals surface area (Å²) in [4.78, 5) is 0. The third kappa shape index (κ3) is 1.28. The van der Waals surface area contributed by atoms with Crippen LogP contribution in [-0.2, 0) is 6.54 Å². The van der Waals surface area contributed by atoms with Crippen molar-refractivity contribution in [3.05, 3.63) is 29.6 Å². The minimum Gasteiger partial charge on any atom is -0.492 e. The Morgan fingerprint density at radius 2 is 2.33 bits per heavy atom. The summed E-state index contributed by atoms with van der Waals surface area (Å²) in [6, 6.07) is 4.92. The summed E-state index contributed by atoms with van der Waals surface area (Å²) in [6.45, 7) is 1.94. The van der Waals surface area contributed by atoms with Gasteiger partial charge in [0.15, 0.2) is 0 Å². The molecule has 1 heterocycles. The number of hydrogen-bond acceptors (Lipinski definition) is 2. The molecule has 1 aliphatic rings. The summed E-state index contributed by atoms with van der Waals surface area (Å²) in [6.07, 6.45) is 0. The van der Waals surface area contributed by atoms with Crippen molar-refractivity contribution in [3.8, 4) is 5.75 Å². The maximum absolute atomic E-state index is 13.1. The predicted octanol–water partition coefficient (Wildman–Crippen LogP) is 1.31. The highest BCUT2D eigenvalue weighted by Gasteiger charge is 2.11. The van der Waals surface area contributed by atoms with Crippen molar-refractivity contribution in [2.24, 2.45) is 0 Å². The highest BCUT2D eigenvalue weighted by atomic mass is 19.1. The van der Waals surface area contributed by atoms with Crippen LogP contribution in [0.5, 0.6) is 5.75 Å². The first-order valence-corrected chi connectivity index (χ1v) is 3.99. The Morgan fingerprint density at radius 1 is 1.42 bits per heavy atom. The van der Waals surface area contributed by atoms with Gasteiger partial charge >= 0.3 is 0 Å². The van der Waals surface area contributed by atoms with Gasteiger partial charge in [-0.05, 0) is 12.1 Å². The van der Waals surface area contributed by atoms with E-state index in [1.807, 2.05) is 0 Å². The number of hydrogen-bond donors (Lipinski definition) is 1. The zero-order chi connectivity index (χ0) is 8.39.